The molecule has 0 spiro atoms. The van der Waals surface area contributed by atoms with Crippen LogP contribution < -0.4 is 4.31 Å². The molecule has 0 aliphatic rings. The third-order valence-electron chi connectivity index (χ3n) is 3.39. The van der Waals surface area contributed by atoms with E-state index in [1.54, 1.807) is 19.1 Å². The van der Waals surface area contributed by atoms with Crippen molar-refractivity contribution in [3.05, 3.63) is 57.0 Å². The van der Waals surface area contributed by atoms with Gasteiger partial charge in [0.25, 0.3) is 10.0 Å². The van der Waals surface area contributed by atoms with Crippen molar-refractivity contribution in [3.8, 4) is 0 Å². The Balaban J connectivity index is 2.63. The van der Waals surface area contributed by atoms with Crippen LogP contribution in [0.15, 0.2) is 41.3 Å². The number of ether oxygens (including phenoxy) is 1. The molecule has 0 saturated carbocycles. The lowest BCUT2D eigenvalue weighted by atomic mass is 10.2. The molecule has 0 heterocycles. The Labute approximate surface area is 161 Å². The number of hydrogen-bond acceptors (Lipinski definition) is 4. The molecule has 0 N–H and O–H groups in total. The third kappa shape index (κ3) is 4.39. The van der Waals surface area contributed by atoms with Gasteiger partial charge in [0.1, 0.15) is 11.4 Å². The molecule has 9 heteroatoms. The summed E-state index contributed by atoms with van der Waals surface area (Å²) in [6, 6.07) is 8.67. The molecule has 0 aromatic heterocycles. The standard InChI is InChI=1S/C16H14Cl3NO4S/c1-10-7-12(4-6-13(10)18)20(9-16(21)24-2)25(22,23)15-8-11(17)3-5-14(15)19/h3-8H,9H2,1-2H3. The second kappa shape index (κ2) is 7.83. The molecule has 25 heavy (non-hydrogen) atoms. The van der Waals surface area contributed by atoms with Gasteiger partial charge in [-0.1, -0.05) is 34.8 Å². The van der Waals surface area contributed by atoms with Crippen LogP contribution in [0, 0.1) is 6.92 Å². The predicted molar refractivity (Wildman–Crippen MR) is 99.2 cm³/mol. The number of nitrogens with zero attached hydrogens (tertiary/aromatic N) is 1. The molecule has 134 valence electrons. The molecule has 0 radical (unpaired) electrons. The minimum Gasteiger partial charge on any atom is -0.468 e. The lowest BCUT2D eigenvalue weighted by Crippen LogP contribution is -2.36. The van der Waals surface area contributed by atoms with Gasteiger partial charge in [-0.05, 0) is 48.9 Å². The Morgan fingerprint density at radius 2 is 1.72 bits per heavy atom. The van der Waals surface area contributed by atoms with Gasteiger partial charge in [-0.3, -0.25) is 9.10 Å². The van der Waals surface area contributed by atoms with E-state index in [2.05, 4.69) is 4.74 Å². The molecule has 2 aromatic carbocycles. The van der Waals surface area contributed by atoms with Crippen molar-refractivity contribution >= 4 is 56.5 Å². The van der Waals surface area contributed by atoms with Crippen LogP contribution in [-0.2, 0) is 19.6 Å². The number of carbonyl (C=O) groups is 1. The summed E-state index contributed by atoms with van der Waals surface area (Å²) in [4.78, 5) is 11.6. The zero-order chi connectivity index (χ0) is 18.8. The van der Waals surface area contributed by atoms with Crippen molar-refractivity contribution in [2.45, 2.75) is 11.8 Å². The maximum Gasteiger partial charge on any atom is 0.326 e. The molecule has 0 fully saturated rings. The zero-order valence-electron chi connectivity index (χ0n) is 13.3. The second-order valence-corrected chi connectivity index (χ2v) is 8.18. The third-order valence-corrected chi connectivity index (χ3v) is 6.31. The van der Waals surface area contributed by atoms with Crippen LogP contribution in [0.4, 0.5) is 5.69 Å². The number of anilines is 1. The number of sulfonamides is 1. The normalized spacial score (nSPS) is 11.2. The van der Waals surface area contributed by atoms with Crippen LogP contribution >= 0.6 is 34.8 Å². The van der Waals surface area contributed by atoms with Crippen molar-refractivity contribution in [2.75, 3.05) is 18.0 Å². The van der Waals surface area contributed by atoms with Crippen molar-refractivity contribution in [1.29, 1.82) is 0 Å². The SMILES string of the molecule is COC(=O)CN(c1ccc(Cl)c(C)c1)S(=O)(=O)c1cc(Cl)ccc1Cl. The molecule has 0 bridgehead atoms. The summed E-state index contributed by atoms with van der Waals surface area (Å²) in [6.07, 6.45) is 0. The van der Waals surface area contributed by atoms with Crippen molar-refractivity contribution in [2.24, 2.45) is 0 Å². The Hall–Kier alpha value is -1.47. The average Bonchev–Trinajstić information content (AvgIpc) is 2.57. The molecule has 2 rings (SSSR count). The Morgan fingerprint density at radius 1 is 1.08 bits per heavy atom. The first-order valence-electron chi connectivity index (χ1n) is 6.97. The number of esters is 1. The molecule has 5 nitrogen and oxygen atoms in total. The summed E-state index contributed by atoms with van der Waals surface area (Å²) in [7, 11) is -3.00. The largest absolute Gasteiger partial charge is 0.468 e. The van der Waals surface area contributed by atoms with E-state index in [9.17, 15) is 13.2 Å². The monoisotopic (exact) mass is 421 g/mol. The Kier molecular flexibility index (Phi) is 6.21. The quantitative estimate of drug-likeness (QED) is 0.673. The fraction of sp³-hybridized carbons (Fsp3) is 0.188. The average molecular weight is 423 g/mol. The summed E-state index contributed by atoms with van der Waals surface area (Å²) >= 11 is 17.9. The second-order valence-electron chi connectivity index (χ2n) is 5.10. The van der Waals surface area contributed by atoms with E-state index >= 15 is 0 Å². The molecule has 0 atom stereocenters. The van der Waals surface area contributed by atoms with Crippen LogP contribution in [0.1, 0.15) is 5.56 Å². The van der Waals surface area contributed by atoms with Gasteiger partial charge in [-0.2, -0.15) is 0 Å². The molecule has 0 aliphatic carbocycles. The Bertz CT molecular complexity index is 916. The Morgan fingerprint density at radius 3 is 2.32 bits per heavy atom. The fourth-order valence-electron chi connectivity index (χ4n) is 2.07. The minimum atomic E-state index is -4.17. The summed E-state index contributed by atoms with van der Waals surface area (Å²) in [5.74, 6) is -0.727. The molecular weight excluding hydrogens is 409 g/mol. The molecule has 2 aromatic rings. The van der Waals surface area contributed by atoms with E-state index < -0.39 is 22.5 Å². The van der Waals surface area contributed by atoms with E-state index in [4.69, 9.17) is 34.8 Å². The highest BCUT2D eigenvalue weighted by Gasteiger charge is 2.30. The van der Waals surface area contributed by atoms with Crippen LogP contribution in [0.25, 0.3) is 0 Å². The number of rotatable bonds is 5. The van der Waals surface area contributed by atoms with Crippen LogP contribution in [0.5, 0.6) is 0 Å². The minimum absolute atomic E-state index is 0.00930. The van der Waals surface area contributed by atoms with Gasteiger partial charge in [0.05, 0.1) is 17.8 Å². The number of halogens is 3. The number of benzene rings is 2. The van der Waals surface area contributed by atoms with Crippen molar-refractivity contribution in [1.82, 2.24) is 0 Å². The lowest BCUT2D eigenvalue weighted by Gasteiger charge is -2.24. The van der Waals surface area contributed by atoms with Crippen LogP contribution in [0.3, 0.4) is 0 Å². The number of carbonyl (C=O) groups excluding carboxylic acids is 1. The van der Waals surface area contributed by atoms with Gasteiger partial charge in [-0.25, -0.2) is 8.42 Å². The molecule has 0 aliphatic heterocycles. The first kappa shape index (κ1) is 19.8. The molecular formula is C16H14Cl3NO4S. The number of methoxy groups -OCH3 is 1. The molecule has 0 unspecified atom stereocenters. The van der Waals surface area contributed by atoms with Gasteiger partial charge in [0.15, 0.2) is 0 Å². The number of hydrogen-bond donors (Lipinski definition) is 0. The number of aryl methyl sites for hydroxylation is 1. The van der Waals surface area contributed by atoms with Gasteiger partial charge in [0, 0.05) is 10.0 Å². The van der Waals surface area contributed by atoms with Gasteiger partial charge in [0.2, 0.25) is 0 Å². The topological polar surface area (TPSA) is 63.7 Å². The maximum absolute atomic E-state index is 13.1. The zero-order valence-corrected chi connectivity index (χ0v) is 16.4. The maximum atomic E-state index is 13.1. The first-order valence-corrected chi connectivity index (χ1v) is 9.55. The predicted octanol–water partition coefficient (Wildman–Crippen LogP) is 4.32. The van der Waals surface area contributed by atoms with Crippen molar-refractivity contribution in [3.63, 3.8) is 0 Å². The van der Waals surface area contributed by atoms with E-state index in [1.165, 1.54) is 31.4 Å². The van der Waals surface area contributed by atoms with E-state index in [-0.39, 0.29) is 20.6 Å². The van der Waals surface area contributed by atoms with Gasteiger partial charge in [-0.15, -0.1) is 0 Å². The van der Waals surface area contributed by atoms with Crippen LogP contribution in [0.2, 0.25) is 15.1 Å². The molecule has 0 saturated heterocycles. The van der Waals surface area contributed by atoms with E-state index in [0.717, 1.165) is 4.31 Å². The summed E-state index contributed by atoms with van der Waals surface area (Å²) in [5, 5.41) is 0.665. The van der Waals surface area contributed by atoms with Gasteiger partial charge < -0.3 is 4.74 Å². The first-order chi connectivity index (χ1) is 11.7. The van der Waals surface area contributed by atoms with E-state index in [1.807, 2.05) is 0 Å². The van der Waals surface area contributed by atoms with Gasteiger partial charge >= 0.3 is 5.97 Å². The summed E-state index contributed by atoms with van der Waals surface area (Å²) in [5.41, 5.74) is 0.907. The highest BCUT2D eigenvalue weighted by Crippen LogP contribution is 2.32. The summed E-state index contributed by atoms with van der Waals surface area (Å²) < 4.78 is 31.7. The molecule has 0 amide bonds. The van der Waals surface area contributed by atoms with E-state index in [0.29, 0.717) is 10.6 Å². The van der Waals surface area contributed by atoms with Crippen LogP contribution in [-0.4, -0.2) is 28.0 Å². The smallest absolute Gasteiger partial charge is 0.326 e. The lowest BCUT2D eigenvalue weighted by molar-refractivity contribution is -0.138. The highest BCUT2D eigenvalue weighted by molar-refractivity contribution is 7.93. The summed E-state index contributed by atoms with van der Waals surface area (Å²) in [6.45, 7) is 1.20. The fourth-order valence-corrected chi connectivity index (χ4v) is 4.33. The highest BCUT2D eigenvalue weighted by atomic mass is 35.5. The van der Waals surface area contributed by atoms with Crippen molar-refractivity contribution < 1.29 is 17.9 Å².